The highest BCUT2D eigenvalue weighted by Gasteiger charge is 2.54. The Morgan fingerprint density at radius 2 is 1.52 bits per heavy atom. The summed E-state index contributed by atoms with van der Waals surface area (Å²) in [6.07, 6.45) is 6.74. The van der Waals surface area contributed by atoms with Crippen molar-refractivity contribution in [3.63, 3.8) is 0 Å². The van der Waals surface area contributed by atoms with Gasteiger partial charge in [0.2, 0.25) is 5.91 Å². The van der Waals surface area contributed by atoms with Crippen LogP contribution in [-0.2, 0) is 4.79 Å². The summed E-state index contributed by atoms with van der Waals surface area (Å²) in [6.45, 7) is 9.56. The third-order valence-corrected chi connectivity index (χ3v) is 6.77. The van der Waals surface area contributed by atoms with Crippen molar-refractivity contribution in [3.8, 4) is 0 Å². The molecule has 0 aromatic heterocycles. The minimum absolute atomic E-state index is 0.0752. The number of carbonyl (C=O) groups is 1. The Morgan fingerprint density at radius 3 is 1.96 bits per heavy atom. The maximum atomic E-state index is 12.5. The van der Waals surface area contributed by atoms with E-state index >= 15 is 0 Å². The second kappa shape index (κ2) is 6.36. The number of hydrogen-bond donors (Lipinski definition) is 2. The van der Waals surface area contributed by atoms with E-state index in [2.05, 4.69) is 33.0 Å². The molecule has 4 rings (SSSR count). The Bertz CT molecular complexity index is 410. The molecule has 0 aromatic carbocycles. The smallest absolute Gasteiger partial charge is 0.236 e. The van der Waals surface area contributed by atoms with Gasteiger partial charge in [-0.2, -0.15) is 0 Å². The Balaban J connectivity index is 1.55. The lowest BCUT2D eigenvalue weighted by atomic mass is 9.49. The lowest BCUT2D eigenvalue weighted by Gasteiger charge is -2.60. The summed E-state index contributed by atoms with van der Waals surface area (Å²) in [5, 5.41) is 3.43. The number of rotatable bonds is 6. The first-order valence-corrected chi connectivity index (χ1v) is 9.62. The minimum Gasteiger partial charge on any atom is -0.337 e. The molecule has 4 heteroatoms. The SMILES string of the molecule is CC(C)N(C(=O)CNCC1(N)C2CC3CC(C2)CC1C3)C(C)C. The predicted molar refractivity (Wildman–Crippen MR) is 94.0 cm³/mol. The van der Waals surface area contributed by atoms with E-state index < -0.39 is 0 Å². The maximum Gasteiger partial charge on any atom is 0.236 e. The molecule has 3 N–H and O–H groups in total. The highest BCUT2D eigenvalue weighted by atomic mass is 16.2. The maximum absolute atomic E-state index is 12.5. The van der Waals surface area contributed by atoms with Gasteiger partial charge in [0.25, 0.3) is 0 Å². The molecule has 1 amide bonds. The van der Waals surface area contributed by atoms with Crippen LogP contribution in [0.15, 0.2) is 0 Å². The lowest BCUT2D eigenvalue weighted by Crippen LogP contribution is -2.67. The van der Waals surface area contributed by atoms with Crippen LogP contribution in [0, 0.1) is 23.7 Å². The van der Waals surface area contributed by atoms with Gasteiger partial charge in [0.05, 0.1) is 6.54 Å². The van der Waals surface area contributed by atoms with Crippen molar-refractivity contribution in [2.75, 3.05) is 13.1 Å². The fourth-order valence-corrected chi connectivity index (χ4v) is 6.00. The standard InChI is InChI=1S/C19H35N3O/c1-12(2)22(13(3)4)18(23)10-21-11-19(20)16-6-14-5-15(8-16)9-17(19)7-14/h12-17,21H,5-11,20H2,1-4H3. The Kier molecular flexibility index (Phi) is 4.76. The van der Waals surface area contributed by atoms with Crippen molar-refractivity contribution >= 4 is 5.91 Å². The Hall–Kier alpha value is -0.610. The van der Waals surface area contributed by atoms with E-state index in [4.69, 9.17) is 5.73 Å². The topological polar surface area (TPSA) is 58.4 Å². The van der Waals surface area contributed by atoms with Gasteiger partial charge in [-0.1, -0.05) is 0 Å². The molecule has 0 heterocycles. The summed E-state index contributed by atoms with van der Waals surface area (Å²) < 4.78 is 0. The molecule has 0 aromatic rings. The minimum atomic E-state index is -0.0752. The van der Waals surface area contributed by atoms with E-state index in [0.29, 0.717) is 18.4 Å². The highest BCUT2D eigenvalue weighted by molar-refractivity contribution is 5.78. The second-order valence-electron chi connectivity index (χ2n) is 9.01. The zero-order valence-corrected chi connectivity index (χ0v) is 15.3. The third-order valence-electron chi connectivity index (χ3n) is 6.77. The molecule has 4 nitrogen and oxygen atoms in total. The van der Waals surface area contributed by atoms with Crippen LogP contribution in [0.5, 0.6) is 0 Å². The molecule has 0 aliphatic heterocycles. The molecule has 132 valence electrons. The van der Waals surface area contributed by atoms with E-state index in [1.807, 2.05) is 4.90 Å². The van der Waals surface area contributed by atoms with Crippen molar-refractivity contribution in [3.05, 3.63) is 0 Å². The zero-order valence-electron chi connectivity index (χ0n) is 15.3. The van der Waals surface area contributed by atoms with Gasteiger partial charge in [0.1, 0.15) is 0 Å². The molecule has 0 spiro atoms. The Morgan fingerprint density at radius 1 is 1.04 bits per heavy atom. The summed E-state index contributed by atoms with van der Waals surface area (Å²) in [4.78, 5) is 14.5. The number of hydrogen-bond acceptors (Lipinski definition) is 3. The van der Waals surface area contributed by atoms with Gasteiger partial charge in [-0.25, -0.2) is 0 Å². The molecular formula is C19H35N3O. The largest absolute Gasteiger partial charge is 0.337 e. The highest BCUT2D eigenvalue weighted by Crippen LogP contribution is 2.57. The van der Waals surface area contributed by atoms with Crippen molar-refractivity contribution < 1.29 is 4.79 Å². The summed E-state index contributed by atoms with van der Waals surface area (Å²) in [5.41, 5.74) is 6.81. The molecule has 4 aliphatic carbocycles. The van der Waals surface area contributed by atoms with Gasteiger partial charge in [-0.3, -0.25) is 4.79 Å². The van der Waals surface area contributed by atoms with Gasteiger partial charge >= 0.3 is 0 Å². The second-order valence-corrected chi connectivity index (χ2v) is 9.01. The number of carbonyl (C=O) groups excluding carboxylic acids is 1. The number of nitrogens with zero attached hydrogens (tertiary/aromatic N) is 1. The average molecular weight is 322 g/mol. The van der Waals surface area contributed by atoms with Gasteiger partial charge in [0, 0.05) is 24.2 Å². The number of nitrogens with two attached hydrogens (primary N) is 1. The van der Waals surface area contributed by atoms with Crippen molar-refractivity contribution in [1.82, 2.24) is 10.2 Å². The first-order chi connectivity index (χ1) is 10.8. The van der Waals surface area contributed by atoms with Crippen LogP contribution in [0.2, 0.25) is 0 Å². The summed E-state index contributed by atoms with van der Waals surface area (Å²) in [7, 11) is 0. The molecule has 4 saturated carbocycles. The first-order valence-electron chi connectivity index (χ1n) is 9.62. The van der Waals surface area contributed by atoms with Crippen LogP contribution in [0.1, 0.15) is 59.8 Å². The monoisotopic (exact) mass is 321 g/mol. The van der Waals surface area contributed by atoms with Crippen LogP contribution in [0.4, 0.5) is 0 Å². The van der Waals surface area contributed by atoms with Crippen molar-refractivity contribution in [1.29, 1.82) is 0 Å². The van der Waals surface area contributed by atoms with E-state index in [1.165, 1.54) is 32.1 Å². The van der Waals surface area contributed by atoms with Crippen LogP contribution in [0.3, 0.4) is 0 Å². The normalized spacial score (nSPS) is 38.6. The fourth-order valence-electron chi connectivity index (χ4n) is 6.00. The Labute approximate surface area is 141 Å². The molecule has 0 atom stereocenters. The number of amides is 1. The summed E-state index contributed by atoms with van der Waals surface area (Å²) in [5.74, 6) is 3.42. The molecule has 4 bridgehead atoms. The van der Waals surface area contributed by atoms with Gasteiger partial charge in [0.15, 0.2) is 0 Å². The van der Waals surface area contributed by atoms with E-state index in [-0.39, 0.29) is 23.5 Å². The van der Waals surface area contributed by atoms with Crippen LogP contribution >= 0.6 is 0 Å². The number of nitrogens with one attached hydrogen (secondary N) is 1. The average Bonchev–Trinajstić information content (AvgIpc) is 2.43. The van der Waals surface area contributed by atoms with E-state index in [1.54, 1.807) is 0 Å². The van der Waals surface area contributed by atoms with Crippen molar-refractivity contribution in [2.45, 2.75) is 77.4 Å². The molecule has 4 aliphatic rings. The van der Waals surface area contributed by atoms with E-state index in [9.17, 15) is 4.79 Å². The first kappa shape index (κ1) is 17.2. The van der Waals surface area contributed by atoms with Crippen LogP contribution in [-0.4, -0.2) is 41.5 Å². The molecular weight excluding hydrogens is 286 g/mol. The van der Waals surface area contributed by atoms with Crippen LogP contribution < -0.4 is 11.1 Å². The zero-order chi connectivity index (χ0) is 16.8. The van der Waals surface area contributed by atoms with Gasteiger partial charge < -0.3 is 16.0 Å². The fraction of sp³-hybridized carbons (Fsp3) is 0.947. The van der Waals surface area contributed by atoms with Gasteiger partial charge in [-0.15, -0.1) is 0 Å². The van der Waals surface area contributed by atoms with Crippen molar-refractivity contribution in [2.24, 2.45) is 29.4 Å². The molecule has 0 unspecified atom stereocenters. The third kappa shape index (κ3) is 3.17. The van der Waals surface area contributed by atoms with Gasteiger partial charge in [-0.05, 0) is 83.5 Å². The predicted octanol–water partition coefficient (Wildman–Crippen LogP) is 2.38. The quantitative estimate of drug-likeness (QED) is 0.789. The van der Waals surface area contributed by atoms with E-state index in [0.717, 1.165) is 18.4 Å². The molecule has 0 radical (unpaired) electrons. The summed E-state index contributed by atoms with van der Waals surface area (Å²) in [6, 6.07) is 0.495. The summed E-state index contributed by atoms with van der Waals surface area (Å²) >= 11 is 0. The molecule has 4 fully saturated rings. The van der Waals surface area contributed by atoms with Crippen LogP contribution in [0.25, 0.3) is 0 Å². The molecule has 23 heavy (non-hydrogen) atoms. The lowest BCUT2D eigenvalue weighted by molar-refractivity contribution is -0.134. The molecule has 0 saturated heterocycles.